The lowest BCUT2D eigenvalue weighted by atomic mass is 10.00. The lowest BCUT2D eigenvalue weighted by Gasteiger charge is -2.26. The predicted molar refractivity (Wildman–Crippen MR) is 161 cm³/mol. The maximum atomic E-state index is 13.7. The standard InChI is InChI=1S/C30H39N5O5S/c1-18(2)26(30(39)40)35-29(38)25(16-20-17-32-23-12-8-7-11-21(20)23)34-28(37)24(15-19-9-5-4-6-10-19)33-27(36)22(31)13-14-41-3/h4-12,17-18,22,24-26,32H,13-16,31H2,1-3H3,(H,33,36)(H,34,37)(H,35,38)(H,39,40)/t22-,24-,25-,26-/m0/s1. The van der Waals surface area contributed by atoms with Gasteiger partial charge in [0.25, 0.3) is 0 Å². The van der Waals surface area contributed by atoms with Crippen molar-refractivity contribution >= 4 is 46.4 Å². The second-order valence-corrected chi connectivity index (χ2v) is 11.3. The number of fused-ring (bicyclic) bond motifs is 1. The van der Waals surface area contributed by atoms with Gasteiger partial charge in [0.2, 0.25) is 17.7 Å². The van der Waals surface area contributed by atoms with Crippen molar-refractivity contribution in [3.05, 3.63) is 71.9 Å². The monoisotopic (exact) mass is 581 g/mol. The van der Waals surface area contributed by atoms with E-state index in [1.165, 1.54) is 0 Å². The van der Waals surface area contributed by atoms with Crippen LogP contribution in [0.4, 0.5) is 0 Å². The van der Waals surface area contributed by atoms with Crippen LogP contribution < -0.4 is 21.7 Å². The van der Waals surface area contributed by atoms with Crippen molar-refractivity contribution in [1.82, 2.24) is 20.9 Å². The van der Waals surface area contributed by atoms with Crippen molar-refractivity contribution in [2.24, 2.45) is 11.7 Å². The van der Waals surface area contributed by atoms with Crippen LogP contribution >= 0.6 is 11.8 Å². The number of aromatic amines is 1. The Labute approximate surface area is 244 Å². The summed E-state index contributed by atoms with van der Waals surface area (Å²) in [6.45, 7) is 3.38. The number of para-hydroxylation sites is 1. The van der Waals surface area contributed by atoms with Crippen molar-refractivity contribution in [2.75, 3.05) is 12.0 Å². The molecule has 220 valence electrons. The molecule has 4 atom stereocenters. The molecule has 0 aliphatic rings. The molecule has 0 spiro atoms. The first-order valence-electron chi connectivity index (χ1n) is 13.6. The normalized spacial score (nSPS) is 14.2. The molecule has 2 aromatic carbocycles. The zero-order chi connectivity index (χ0) is 29.9. The Morgan fingerprint density at radius 2 is 1.49 bits per heavy atom. The summed E-state index contributed by atoms with van der Waals surface area (Å²) in [5, 5.41) is 18.7. The lowest BCUT2D eigenvalue weighted by molar-refractivity contribution is -0.143. The third-order valence-corrected chi connectivity index (χ3v) is 7.49. The Hall–Kier alpha value is -3.83. The topological polar surface area (TPSA) is 166 Å². The summed E-state index contributed by atoms with van der Waals surface area (Å²) in [5.41, 5.74) is 8.53. The predicted octanol–water partition coefficient (Wildman–Crippen LogP) is 2.23. The Bertz CT molecular complexity index is 1330. The molecule has 7 N–H and O–H groups in total. The second-order valence-electron chi connectivity index (χ2n) is 10.3. The van der Waals surface area contributed by atoms with Crippen molar-refractivity contribution in [3.63, 3.8) is 0 Å². The fraction of sp³-hybridized carbons (Fsp3) is 0.400. The van der Waals surface area contributed by atoms with E-state index >= 15 is 0 Å². The maximum Gasteiger partial charge on any atom is 0.326 e. The zero-order valence-corrected chi connectivity index (χ0v) is 24.4. The molecule has 10 nitrogen and oxygen atoms in total. The van der Waals surface area contributed by atoms with E-state index < -0.39 is 47.9 Å². The summed E-state index contributed by atoms with van der Waals surface area (Å²) in [7, 11) is 0. The van der Waals surface area contributed by atoms with Gasteiger partial charge in [0.15, 0.2) is 0 Å². The Balaban J connectivity index is 1.88. The molecule has 0 saturated heterocycles. The molecule has 3 rings (SSSR count). The first-order chi connectivity index (χ1) is 19.6. The summed E-state index contributed by atoms with van der Waals surface area (Å²) >= 11 is 1.57. The number of carbonyl (C=O) groups excluding carboxylic acids is 3. The molecule has 3 amide bonds. The summed E-state index contributed by atoms with van der Waals surface area (Å²) in [4.78, 5) is 55.1. The van der Waals surface area contributed by atoms with E-state index in [9.17, 15) is 24.3 Å². The minimum atomic E-state index is -1.17. The third-order valence-electron chi connectivity index (χ3n) is 6.85. The molecule has 0 aliphatic carbocycles. The number of benzene rings is 2. The fourth-order valence-corrected chi connectivity index (χ4v) is 4.97. The summed E-state index contributed by atoms with van der Waals surface area (Å²) < 4.78 is 0. The highest BCUT2D eigenvalue weighted by Gasteiger charge is 2.32. The van der Waals surface area contributed by atoms with E-state index in [-0.39, 0.29) is 18.8 Å². The average molecular weight is 582 g/mol. The number of carbonyl (C=O) groups is 4. The van der Waals surface area contributed by atoms with Crippen LogP contribution in [0.25, 0.3) is 10.9 Å². The number of carboxylic acid groups (broad SMARTS) is 1. The minimum Gasteiger partial charge on any atom is -0.480 e. The molecule has 3 aromatic rings. The molecular weight excluding hydrogens is 542 g/mol. The number of amides is 3. The van der Waals surface area contributed by atoms with Crippen molar-refractivity contribution < 1.29 is 24.3 Å². The van der Waals surface area contributed by atoms with Gasteiger partial charge in [-0.05, 0) is 41.5 Å². The van der Waals surface area contributed by atoms with Crippen LogP contribution in [0.1, 0.15) is 31.4 Å². The molecule has 11 heteroatoms. The van der Waals surface area contributed by atoms with Crippen molar-refractivity contribution in [1.29, 1.82) is 0 Å². The van der Waals surface area contributed by atoms with Crippen LogP contribution in [0, 0.1) is 5.92 Å². The number of rotatable bonds is 15. The SMILES string of the molecule is CSCC[C@H](N)C(=O)N[C@@H](Cc1ccccc1)C(=O)N[C@@H](Cc1c[nH]c2ccccc12)C(=O)N[C@H](C(=O)O)C(C)C. The second kappa shape index (κ2) is 15.2. The number of aliphatic carboxylic acids is 1. The first kappa shape index (κ1) is 31.7. The van der Waals surface area contributed by atoms with E-state index in [4.69, 9.17) is 5.73 Å². The first-order valence-corrected chi connectivity index (χ1v) is 15.0. The van der Waals surface area contributed by atoms with Gasteiger partial charge in [0, 0.05) is 29.9 Å². The number of thioether (sulfide) groups is 1. The van der Waals surface area contributed by atoms with E-state index in [2.05, 4.69) is 20.9 Å². The van der Waals surface area contributed by atoms with Crippen LogP contribution in [0.2, 0.25) is 0 Å². The molecule has 0 fully saturated rings. The highest BCUT2D eigenvalue weighted by atomic mass is 32.2. The van der Waals surface area contributed by atoms with Crippen LogP contribution in [-0.2, 0) is 32.0 Å². The van der Waals surface area contributed by atoms with Gasteiger partial charge in [-0.25, -0.2) is 4.79 Å². The van der Waals surface area contributed by atoms with E-state index in [0.29, 0.717) is 12.2 Å². The van der Waals surface area contributed by atoms with Gasteiger partial charge in [0.05, 0.1) is 6.04 Å². The summed E-state index contributed by atoms with van der Waals surface area (Å²) in [5.74, 6) is -2.52. The van der Waals surface area contributed by atoms with E-state index in [1.807, 2.05) is 60.9 Å². The van der Waals surface area contributed by atoms with Gasteiger partial charge in [-0.2, -0.15) is 11.8 Å². The molecule has 0 saturated carbocycles. The van der Waals surface area contributed by atoms with Gasteiger partial charge in [-0.15, -0.1) is 0 Å². The van der Waals surface area contributed by atoms with E-state index in [0.717, 1.165) is 22.0 Å². The van der Waals surface area contributed by atoms with Crippen LogP contribution in [0.15, 0.2) is 60.8 Å². The van der Waals surface area contributed by atoms with Crippen LogP contribution in [0.5, 0.6) is 0 Å². The molecule has 1 aromatic heterocycles. The Morgan fingerprint density at radius 1 is 0.878 bits per heavy atom. The van der Waals surface area contributed by atoms with Crippen molar-refractivity contribution in [3.8, 4) is 0 Å². The quantitative estimate of drug-likeness (QED) is 0.160. The smallest absolute Gasteiger partial charge is 0.326 e. The number of nitrogens with two attached hydrogens (primary N) is 1. The molecule has 0 bridgehead atoms. The summed E-state index contributed by atoms with van der Waals surface area (Å²) in [6, 6.07) is 12.7. The van der Waals surface area contributed by atoms with Crippen molar-refractivity contribution in [2.45, 2.75) is 57.3 Å². The van der Waals surface area contributed by atoms with Crippen LogP contribution in [-0.4, -0.2) is 70.0 Å². The Morgan fingerprint density at radius 3 is 2.15 bits per heavy atom. The maximum absolute atomic E-state index is 13.7. The number of carboxylic acids is 1. The lowest BCUT2D eigenvalue weighted by Crippen LogP contribution is -2.58. The highest BCUT2D eigenvalue weighted by molar-refractivity contribution is 7.98. The van der Waals surface area contributed by atoms with E-state index in [1.54, 1.807) is 31.8 Å². The molecule has 0 aliphatic heterocycles. The largest absolute Gasteiger partial charge is 0.480 e. The highest BCUT2D eigenvalue weighted by Crippen LogP contribution is 2.19. The van der Waals surface area contributed by atoms with Gasteiger partial charge in [-0.1, -0.05) is 62.4 Å². The van der Waals surface area contributed by atoms with Gasteiger partial charge in [-0.3, -0.25) is 14.4 Å². The molecule has 0 radical (unpaired) electrons. The number of hydrogen-bond donors (Lipinski definition) is 6. The minimum absolute atomic E-state index is 0.102. The van der Waals surface area contributed by atoms with Gasteiger partial charge >= 0.3 is 5.97 Å². The third kappa shape index (κ3) is 9.09. The van der Waals surface area contributed by atoms with Crippen LogP contribution in [0.3, 0.4) is 0 Å². The number of nitrogens with one attached hydrogen (secondary N) is 4. The summed E-state index contributed by atoms with van der Waals surface area (Å²) in [6.07, 6.45) is 4.42. The fourth-order valence-electron chi connectivity index (χ4n) is 4.48. The number of hydrogen-bond acceptors (Lipinski definition) is 6. The molecule has 0 unspecified atom stereocenters. The van der Waals surface area contributed by atoms with Gasteiger partial charge in [0.1, 0.15) is 18.1 Å². The molecule has 1 heterocycles. The Kier molecular flexibility index (Phi) is 11.8. The number of aromatic nitrogens is 1. The average Bonchev–Trinajstić information content (AvgIpc) is 3.36. The zero-order valence-electron chi connectivity index (χ0n) is 23.6. The van der Waals surface area contributed by atoms with Gasteiger partial charge < -0.3 is 31.8 Å². The number of H-pyrrole nitrogens is 1. The molecular formula is C30H39N5O5S. The molecule has 41 heavy (non-hydrogen) atoms.